The molecule has 1 heterocycles. The summed E-state index contributed by atoms with van der Waals surface area (Å²) in [5, 5.41) is 0. The first-order chi connectivity index (χ1) is 11.1. The van der Waals surface area contributed by atoms with Crippen LogP contribution in [0.15, 0.2) is 41.5 Å². The van der Waals surface area contributed by atoms with Gasteiger partial charge in [-0.2, -0.15) is 0 Å². The molecule has 0 saturated carbocycles. The van der Waals surface area contributed by atoms with Crippen LogP contribution in [0.5, 0.6) is 5.75 Å². The SMILES string of the molecule is CC(C)(C)C1=CCCC(C2C(=O)Oc3c2cccc3C(C)(C)C)=C1. The molecule has 1 aromatic carbocycles. The van der Waals surface area contributed by atoms with E-state index in [4.69, 9.17) is 4.74 Å². The summed E-state index contributed by atoms with van der Waals surface area (Å²) in [6, 6.07) is 6.18. The molecule has 2 nitrogen and oxygen atoms in total. The Morgan fingerprint density at radius 1 is 1.04 bits per heavy atom. The highest BCUT2D eigenvalue weighted by molar-refractivity contribution is 5.90. The molecule has 0 radical (unpaired) electrons. The Hall–Kier alpha value is -1.83. The Labute approximate surface area is 145 Å². The highest BCUT2D eigenvalue weighted by Gasteiger charge is 2.39. The predicted octanol–water partition coefficient (Wildman–Crippen LogP) is 5.68. The fraction of sp³-hybridized carbons (Fsp3) is 0.500. The van der Waals surface area contributed by atoms with Crippen LogP contribution in [0.3, 0.4) is 0 Å². The van der Waals surface area contributed by atoms with Crippen molar-refractivity contribution in [1.29, 1.82) is 0 Å². The van der Waals surface area contributed by atoms with Gasteiger partial charge >= 0.3 is 5.97 Å². The number of carbonyl (C=O) groups excluding carboxylic acids is 1. The van der Waals surface area contributed by atoms with Gasteiger partial charge in [0.2, 0.25) is 0 Å². The van der Waals surface area contributed by atoms with E-state index in [1.165, 1.54) is 11.1 Å². The fourth-order valence-electron chi connectivity index (χ4n) is 3.60. The van der Waals surface area contributed by atoms with Crippen LogP contribution in [-0.2, 0) is 10.2 Å². The van der Waals surface area contributed by atoms with Gasteiger partial charge in [-0.1, -0.05) is 77.5 Å². The summed E-state index contributed by atoms with van der Waals surface area (Å²) in [5.41, 5.74) is 4.71. The van der Waals surface area contributed by atoms with Crippen LogP contribution in [0.25, 0.3) is 0 Å². The van der Waals surface area contributed by atoms with Crippen LogP contribution >= 0.6 is 0 Å². The molecule has 0 amide bonds. The first-order valence-corrected chi connectivity index (χ1v) is 8.85. The van der Waals surface area contributed by atoms with Crippen molar-refractivity contribution in [3.8, 4) is 5.75 Å². The molecular weight excluding hydrogens is 296 g/mol. The van der Waals surface area contributed by atoms with Gasteiger partial charge in [-0.3, -0.25) is 4.79 Å². The zero-order valence-corrected chi connectivity index (χ0v) is 15.7. The maximum Gasteiger partial charge on any atom is 0.323 e. The molecule has 24 heavy (non-hydrogen) atoms. The molecule has 2 heteroatoms. The predicted molar refractivity (Wildman–Crippen MR) is 98.4 cm³/mol. The summed E-state index contributed by atoms with van der Waals surface area (Å²) in [7, 11) is 0. The average Bonchev–Trinajstić information content (AvgIpc) is 2.81. The van der Waals surface area contributed by atoms with Crippen molar-refractivity contribution in [3.63, 3.8) is 0 Å². The van der Waals surface area contributed by atoms with Gasteiger partial charge in [0, 0.05) is 11.1 Å². The zero-order valence-electron chi connectivity index (χ0n) is 15.7. The van der Waals surface area contributed by atoms with Gasteiger partial charge in [0.15, 0.2) is 0 Å². The second kappa shape index (κ2) is 5.61. The lowest BCUT2D eigenvalue weighted by Gasteiger charge is -2.26. The Morgan fingerprint density at radius 3 is 2.38 bits per heavy atom. The Bertz CT molecular complexity index is 736. The van der Waals surface area contributed by atoms with Crippen molar-refractivity contribution < 1.29 is 9.53 Å². The molecule has 0 fully saturated rings. The first kappa shape index (κ1) is 17.0. The average molecular weight is 324 g/mol. The van der Waals surface area contributed by atoms with Gasteiger partial charge < -0.3 is 4.74 Å². The van der Waals surface area contributed by atoms with E-state index in [1.807, 2.05) is 0 Å². The number of benzene rings is 1. The molecule has 1 aromatic rings. The van der Waals surface area contributed by atoms with E-state index < -0.39 is 0 Å². The van der Waals surface area contributed by atoms with Gasteiger partial charge in [-0.25, -0.2) is 0 Å². The minimum absolute atomic E-state index is 0.0437. The van der Waals surface area contributed by atoms with Crippen LogP contribution in [0.4, 0.5) is 0 Å². The third-order valence-corrected chi connectivity index (χ3v) is 4.98. The molecule has 2 aliphatic rings. The van der Waals surface area contributed by atoms with Crippen molar-refractivity contribution in [2.24, 2.45) is 5.41 Å². The van der Waals surface area contributed by atoms with Gasteiger partial charge in [0.05, 0.1) is 0 Å². The highest BCUT2D eigenvalue weighted by Crippen LogP contribution is 2.47. The lowest BCUT2D eigenvalue weighted by Crippen LogP contribution is -2.17. The van der Waals surface area contributed by atoms with Crippen molar-refractivity contribution in [2.45, 2.75) is 65.7 Å². The van der Waals surface area contributed by atoms with Gasteiger partial charge in [0.1, 0.15) is 11.7 Å². The molecule has 128 valence electrons. The first-order valence-electron chi connectivity index (χ1n) is 8.85. The minimum atomic E-state index is -0.242. The van der Waals surface area contributed by atoms with E-state index in [0.717, 1.165) is 29.7 Å². The van der Waals surface area contributed by atoms with Crippen molar-refractivity contribution >= 4 is 5.97 Å². The minimum Gasteiger partial charge on any atom is -0.425 e. The third-order valence-electron chi connectivity index (χ3n) is 4.98. The molecule has 1 aliphatic heterocycles. The summed E-state index contributed by atoms with van der Waals surface area (Å²) >= 11 is 0. The normalized spacial score (nSPS) is 21.1. The molecule has 0 saturated heterocycles. The number of allylic oxidation sites excluding steroid dienone is 3. The van der Waals surface area contributed by atoms with Crippen LogP contribution < -0.4 is 4.74 Å². The van der Waals surface area contributed by atoms with Crippen LogP contribution in [0.1, 0.15) is 71.4 Å². The van der Waals surface area contributed by atoms with Crippen LogP contribution in [0.2, 0.25) is 0 Å². The molecule has 1 unspecified atom stereocenters. The monoisotopic (exact) mass is 324 g/mol. The van der Waals surface area contributed by atoms with E-state index in [0.29, 0.717) is 0 Å². The smallest absolute Gasteiger partial charge is 0.323 e. The Morgan fingerprint density at radius 2 is 1.75 bits per heavy atom. The lowest BCUT2D eigenvalue weighted by molar-refractivity contribution is -0.133. The van der Waals surface area contributed by atoms with E-state index in [-0.39, 0.29) is 22.7 Å². The molecule has 0 spiro atoms. The quantitative estimate of drug-likeness (QED) is 0.491. The van der Waals surface area contributed by atoms with E-state index in [1.54, 1.807) is 0 Å². The largest absolute Gasteiger partial charge is 0.425 e. The number of hydrogen-bond acceptors (Lipinski definition) is 2. The van der Waals surface area contributed by atoms with E-state index in [9.17, 15) is 4.79 Å². The molecule has 0 aromatic heterocycles. The third kappa shape index (κ3) is 2.94. The number of rotatable bonds is 1. The number of esters is 1. The van der Waals surface area contributed by atoms with Gasteiger partial charge in [-0.15, -0.1) is 0 Å². The Kier molecular flexibility index (Phi) is 3.98. The summed E-state index contributed by atoms with van der Waals surface area (Å²) in [4.78, 5) is 12.7. The Balaban J connectivity index is 2.06. The molecular formula is C22H28O2. The van der Waals surface area contributed by atoms with E-state index >= 15 is 0 Å². The van der Waals surface area contributed by atoms with Crippen molar-refractivity contribution in [3.05, 3.63) is 52.6 Å². The second-order valence-electron chi connectivity index (χ2n) is 9.00. The molecule has 1 aliphatic carbocycles. The van der Waals surface area contributed by atoms with E-state index in [2.05, 4.69) is 71.9 Å². The summed E-state index contributed by atoms with van der Waals surface area (Å²) in [6.45, 7) is 13.1. The fourth-order valence-corrected chi connectivity index (χ4v) is 3.60. The highest BCUT2D eigenvalue weighted by atomic mass is 16.5. The van der Waals surface area contributed by atoms with Gasteiger partial charge in [0.25, 0.3) is 0 Å². The number of fused-ring (bicyclic) bond motifs is 1. The van der Waals surface area contributed by atoms with Gasteiger partial charge in [-0.05, 0) is 29.2 Å². The maximum absolute atomic E-state index is 12.7. The summed E-state index contributed by atoms with van der Waals surface area (Å²) in [5.74, 6) is 0.421. The van der Waals surface area contributed by atoms with Crippen molar-refractivity contribution in [2.75, 3.05) is 0 Å². The number of carbonyl (C=O) groups is 1. The molecule has 3 rings (SSSR count). The maximum atomic E-state index is 12.7. The van der Waals surface area contributed by atoms with Crippen LogP contribution in [0, 0.1) is 5.41 Å². The number of para-hydroxylation sites is 1. The van der Waals surface area contributed by atoms with Crippen LogP contribution in [-0.4, -0.2) is 5.97 Å². The number of ether oxygens (including phenoxy) is 1. The topological polar surface area (TPSA) is 26.3 Å². The second-order valence-corrected chi connectivity index (χ2v) is 9.00. The standard InChI is InChI=1S/C22H28O2/c1-21(2,3)15-10-7-9-14(13-15)18-16-11-8-12-17(22(4,5)6)19(16)24-20(18)23/h8,10-13,18H,7,9H2,1-6H3. The lowest BCUT2D eigenvalue weighted by atomic mass is 9.77. The number of hydrogen-bond donors (Lipinski definition) is 0. The molecule has 0 N–H and O–H groups in total. The molecule has 1 atom stereocenters. The summed E-state index contributed by atoms with van der Waals surface area (Å²) in [6.07, 6.45) is 6.46. The molecule has 0 bridgehead atoms. The zero-order chi connectivity index (χ0) is 17.7. The van der Waals surface area contributed by atoms with Crippen molar-refractivity contribution in [1.82, 2.24) is 0 Å². The summed E-state index contributed by atoms with van der Waals surface area (Å²) < 4.78 is 5.75.